The second-order valence-electron chi connectivity index (χ2n) is 14.9. The molecule has 0 aromatic rings. The molecular formula is C45H79N2O6P. The van der Waals surface area contributed by atoms with E-state index < -0.39 is 26.6 Å². The number of aliphatic hydroxyl groups excluding tert-OH is 1. The van der Waals surface area contributed by atoms with E-state index in [9.17, 15) is 19.4 Å². The number of carbonyl (C=O) groups excluding carboxylic acids is 1. The fraction of sp³-hybridized carbons (Fsp3) is 0.667. The largest absolute Gasteiger partial charge is 0.756 e. The molecule has 0 fully saturated rings. The highest BCUT2D eigenvalue weighted by molar-refractivity contribution is 7.45. The molecule has 0 bridgehead atoms. The molecule has 0 spiro atoms. The summed E-state index contributed by atoms with van der Waals surface area (Å²) >= 11 is 0. The zero-order valence-corrected chi connectivity index (χ0v) is 35.8. The van der Waals surface area contributed by atoms with Gasteiger partial charge in [-0.1, -0.05) is 150 Å². The summed E-state index contributed by atoms with van der Waals surface area (Å²) in [5.41, 5.74) is 0. The quantitative estimate of drug-likeness (QED) is 0.0284. The minimum absolute atomic E-state index is 0.0128. The van der Waals surface area contributed by atoms with Crippen molar-refractivity contribution in [3.05, 3.63) is 85.1 Å². The molecule has 1 amide bonds. The Labute approximate surface area is 331 Å². The Morgan fingerprint density at radius 1 is 0.667 bits per heavy atom. The molecule has 9 heteroatoms. The van der Waals surface area contributed by atoms with Gasteiger partial charge in [0.25, 0.3) is 7.82 Å². The van der Waals surface area contributed by atoms with Gasteiger partial charge in [-0.25, -0.2) is 0 Å². The van der Waals surface area contributed by atoms with E-state index >= 15 is 0 Å². The van der Waals surface area contributed by atoms with Crippen molar-refractivity contribution < 1.29 is 32.9 Å². The second-order valence-corrected chi connectivity index (χ2v) is 16.4. The van der Waals surface area contributed by atoms with E-state index in [0.717, 1.165) is 89.9 Å². The smallest absolute Gasteiger partial charge is 0.268 e. The van der Waals surface area contributed by atoms with E-state index in [1.807, 2.05) is 27.2 Å². The van der Waals surface area contributed by atoms with Crippen molar-refractivity contribution in [2.75, 3.05) is 40.9 Å². The van der Waals surface area contributed by atoms with Crippen LogP contribution in [0.3, 0.4) is 0 Å². The zero-order valence-electron chi connectivity index (χ0n) is 34.9. The number of phosphoric ester groups is 1. The number of unbranched alkanes of at least 4 members (excludes halogenated alkanes) is 11. The number of hydrogen-bond donors (Lipinski definition) is 2. The van der Waals surface area contributed by atoms with Crippen molar-refractivity contribution in [3.8, 4) is 0 Å². The Morgan fingerprint density at radius 3 is 1.70 bits per heavy atom. The van der Waals surface area contributed by atoms with Crippen LogP contribution in [0.4, 0.5) is 0 Å². The number of amides is 1. The maximum Gasteiger partial charge on any atom is 0.268 e. The number of rotatable bonds is 36. The maximum absolute atomic E-state index is 12.8. The van der Waals surface area contributed by atoms with Crippen molar-refractivity contribution in [2.24, 2.45) is 0 Å². The standard InChI is InChI=1S/C45H79N2O6P/c1-6-8-10-12-14-15-16-17-18-19-20-21-22-23-24-25-26-27-28-29-30-31-33-35-37-39-45(49)46-43(44(48)38-36-34-32-13-11-9-7-2)42-53-54(50,51)52-41-40-47(3,4)5/h8,10-11,13-15,17-18,20-21,23-24,36,38,43-44,48H,6-7,9,12,16,19,22,25-35,37,39-42H2,1-5H3,(H-,46,49,50,51)/b10-8-,13-11+,15-14-,18-17-,21-20-,24-23-,38-36+. The number of allylic oxidation sites excluding steroid dienone is 13. The van der Waals surface area contributed by atoms with Gasteiger partial charge in [0.05, 0.1) is 39.9 Å². The molecule has 0 radical (unpaired) electrons. The molecule has 0 saturated carbocycles. The summed E-state index contributed by atoms with van der Waals surface area (Å²) < 4.78 is 23.0. The third-order valence-electron chi connectivity index (χ3n) is 8.57. The summed E-state index contributed by atoms with van der Waals surface area (Å²) in [6, 6.07) is -0.908. The molecule has 54 heavy (non-hydrogen) atoms. The van der Waals surface area contributed by atoms with E-state index in [1.54, 1.807) is 6.08 Å². The monoisotopic (exact) mass is 775 g/mol. The van der Waals surface area contributed by atoms with Crippen molar-refractivity contribution >= 4 is 13.7 Å². The zero-order chi connectivity index (χ0) is 40.0. The molecule has 0 aliphatic carbocycles. The van der Waals surface area contributed by atoms with Crippen molar-refractivity contribution in [1.82, 2.24) is 5.32 Å². The highest BCUT2D eigenvalue weighted by Gasteiger charge is 2.23. The van der Waals surface area contributed by atoms with Crippen LogP contribution >= 0.6 is 7.82 Å². The number of aliphatic hydroxyl groups is 1. The molecule has 3 atom stereocenters. The summed E-state index contributed by atoms with van der Waals surface area (Å²) in [5, 5.41) is 13.6. The van der Waals surface area contributed by atoms with Crippen LogP contribution in [0.2, 0.25) is 0 Å². The third kappa shape index (κ3) is 38.0. The lowest BCUT2D eigenvalue weighted by atomic mass is 10.1. The van der Waals surface area contributed by atoms with E-state index in [0.29, 0.717) is 17.4 Å². The van der Waals surface area contributed by atoms with Gasteiger partial charge in [0, 0.05) is 6.42 Å². The van der Waals surface area contributed by atoms with Gasteiger partial charge >= 0.3 is 0 Å². The molecule has 310 valence electrons. The first-order chi connectivity index (χ1) is 26.0. The summed E-state index contributed by atoms with van der Waals surface area (Å²) in [7, 11) is 1.22. The van der Waals surface area contributed by atoms with E-state index in [2.05, 4.69) is 92.1 Å². The van der Waals surface area contributed by atoms with Gasteiger partial charge in [-0.3, -0.25) is 9.36 Å². The Hall–Kier alpha value is -2.32. The normalized spacial score (nSPS) is 15.3. The third-order valence-corrected chi connectivity index (χ3v) is 9.53. The molecule has 0 heterocycles. The number of quaternary nitrogens is 1. The lowest BCUT2D eigenvalue weighted by molar-refractivity contribution is -0.870. The van der Waals surface area contributed by atoms with E-state index in [-0.39, 0.29) is 12.5 Å². The van der Waals surface area contributed by atoms with Gasteiger partial charge in [0.1, 0.15) is 13.2 Å². The first kappa shape index (κ1) is 51.7. The summed E-state index contributed by atoms with van der Waals surface area (Å²) in [6.45, 7) is 4.36. The van der Waals surface area contributed by atoms with Crippen LogP contribution in [0, 0.1) is 0 Å². The topological polar surface area (TPSA) is 108 Å². The minimum Gasteiger partial charge on any atom is -0.756 e. The summed E-state index contributed by atoms with van der Waals surface area (Å²) in [4.78, 5) is 25.1. The molecule has 0 aromatic heterocycles. The van der Waals surface area contributed by atoms with Crippen molar-refractivity contribution in [1.29, 1.82) is 0 Å². The minimum atomic E-state index is -4.59. The average Bonchev–Trinajstić information content (AvgIpc) is 3.12. The number of phosphoric acid groups is 1. The Bertz CT molecular complexity index is 1150. The van der Waals surface area contributed by atoms with Gasteiger partial charge in [-0.2, -0.15) is 0 Å². The van der Waals surface area contributed by atoms with Gasteiger partial charge in [-0.15, -0.1) is 0 Å². The molecule has 8 nitrogen and oxygen atoms in total. The van der Waals surface area contributed by atoms with E-state index in [1.165, 1.54) is 32.1 Å². The van der Waals surface area contributed by atoms with Crippen LogP contribution in [-0.2, 0) is 18.4 Å². The molecule has 2 N–H and O–H groups in total. The lowest BCUT2D eigenvalue weighted by Gasteiger charge is -2.29. The van der Waals surface area contributed by atoms with Crippen LogP contribution < -0.4 is 10.2 Å². The molecule has 0 saturated heterocycles. The first-order valence-corrected chi connectivity index (χ1v) is 22.4. The SMILES string of the molecule is CC/C=C\C/C=C\C/C=C\C/C=C\C/C=C\CCCCCCCCCCCC(=O)NC(COP(=O)([O-])OCC[N+](C)(C)C)C(O)/C=C/CC/C=C/CCC. The lowest BCUT2D eigenvalue weighted by Crippen LogP contribution is -2.45. The van der Waals surface area contributed by atoms with Gasteiger partial charge in [-0.05, 0) is 70.6 Å². The Balaban J connectivity index is 4.22. The molecule has 0 aliphatic rings. The second kappa shape index (κ2) is 36.3. The van der Waals surface area contributed by atoms with E-state index in [4.69, 9.17) is 9.05 Å². The highest BCUT2D eigenvalue weighted by Crippen LogP contribution is 2.38. The van der Waals surface area contributed by atoms with Gasteiger partial charge < -0.3 is 28.8 Å². The Morgan fingerprint density at radius 2 is 1.15 bits per heavy atom. The number of likely N-dealkylation sites (N-methyl/N-ethyl adjacent to an activating group) is 1. The van der Waals surface area contributed by atoms with Gasteiger partial charge in [0.2, 0.25) is 5.91 Å². The van der Waals surface area contributed by atoms with Crippen LogP contribution in [0.25, 0.3) is 0 Å². The molecule has 0 aliphatic heterocycles. The molecular weight excluding hydrogens is 695 g/mol. The van der Waals surface area contributed by atoms with Crippen molar-refractivity contribution in [2.45, 2.75) is 154 Å². The average molecular weight is 775 g/mol. The first-order valence-electron chi connectivity index (χ1n) is 20.9. The number of nitrogens with zero attached hydrogens (tertiary/aromatic N) is 1. The summed E-state index contributed by atoms with van der Waals surface area (Å²) in [6.07, 6.45) is 49.5. The highest BCUT2D eigenvalue weighted by atomic mass is 31.2. The van der Waals surface area contributed by atoms with Crippen molar-refractivity contribution in [3.63, 3.8) is 0 Å². The predicted molar refractivity (Wildman–Crippen MR) is 228 cm³/mol. The molecule has 0 aromatic carbocycles. The van der Waals surface area contributed by atoms with Crippen LogP contribution in [0.1, 0.15) is 142 Å². The maximum atomic E-state index is 12.8. The van der Waals surface area contributed by atoms with Crippen LogP contribution in [0.15, 0.2) is 85.1 Å². The number of hydrogen-bond acceptors (Lipinski definition) is 6. The fourth-order valence-corrected chi connectivity index (χ4v) is 5.98. The van der Waals surface area contributed by atoms with Crippen LogP contribution in [0.5, 0.6) is 0 Å². The molecule has 3 unspecified atom stereocenters. The van der Waals surface area contributed by atoms with Crippen LogP contribution in [-0.4, -0.2) is 68.5 Å². The fourth-order valence-electron chi connectivity index (χ4n) is 5.26. The molecule has 0 rings (SSSR count). The Kier molecular flexibility index (Phi) is 34.8. The predicted octanol–water partition coefficient (Wildman–Crippen LogP) is 10.8. The van der Waals surface area contributed by atoms with Gasteiger partial charge in [0.15, 0.2) is 0 Å². The number of nitrogens with one attached hydrogen (secondary N) is 1. The summed E-state index contributed by atoms with van der Waals surface area (Å²) in [5.74, 6) is -0.224. The number of carbonyl (C=O) groups is 1.